The summed E-state index contributed by atoms with van der Waals surface area (Å²) in [5, 5.41) is 0. The van der Waals surface area contributed by atoms with E-state index >= 15 is 0 Å². The fourth-order valence-corrected chi connectivity index (χ4v) is 2.34. The van der Waals surface area contributed by atoms with Crippen LogP contribution in [0.3, 0.4) is 0 Å². The van der Waals surface area contributed by atoms with Crippen molar-refractivity contribution in [1.29, 1.82) is 0 Å². The molecule has 0 aromatic rings. The number of hydrogen-bond donors (Lipinski definition) is 0. The Kier molecular flexibility index (Phi) is 5.92. The normalized spacial score (nSPS) is 22.9. The van der Waals surface area contributed by atoms with Crippen molar-refractivity contribution in [1.82, 2.24) is 4.90 Å². The number of rotatable bonds is 6. The van der Waals surface area contributed by atoms with Crippen LogP contribution in [0.1, 0.15) is 58.3 Å². The maximum atomic E-state index is 11.7. The summed E-state index contributed by atoms with van der Waals surface area (Å²) in [5.74, 6) is 0.474. The number of ketones is 1. The molecular weight excluding hydrogens is 186 g/mol. The lowest BCUT2D eigenvalue weighted by molar-refractivity contribution is -0.120. The fraction of sp³-hybridized carbons (Fsp3) is 0.923. The van der Waals surface area contributed by atoms with Crippen LogP contribution >= 0.6 is 0 Å². The predicted molar refractivity (Wildman–Crippen MR) is 64.0 cm³/mol. The standard InChI is InChI=1S/C13H25NO/c1-3-4-5-9-13(15)11-12-8-6-7-10-14(12)2/h12H,3-11H2,1-2H3. The van der Waals surface area contributed by atoms with Gasteiger partial charge in [0.25, 0.3) is 0 Å². The highest BCUT2D eigenvalue weighted by Gasteiger charge is 2.20. The Hall–Kier alpha value is -0.370. The second-order valence-corrected chi connectivity index (χ2v) is 4.83. The molecule has 0 aromatic heterocycles. The molecule has 0 amide bonds. The van der Waals surface area contributed by atoms with Crippen molar-refractivity contribution in [3.63, 3.8) is 0 Å². The molecule has 1 aliphatic rings. The molecule has 1 atom stereocenters. The van der Waals surface area contributed by atoms with E-state index in [1.807, 2.05) is 0 Å². The van der Waals surface area contributed by atoms with Gasteiger partial charge >= 0.3 is 0 Å². The van der Waals surface area contributed by atoms with E-state index in [0.29, 0.717) is 11.8 Å². The van der Waals surface area contributed by atoms with Gasteiger partial charge in [-0.1, -0.05) is 26.2 Å². The number of likely N-dealkylation sites (tertiary alicyclic amines) is 1. The molecule has 1 aliphatic heterocycles. The molecule has 2 nitrogen and oxygen atoms in total. The summed E-state index contributed by atoms with van der Waals surface area (Å²) in [7, 11) is 2.16. The van der Waals surface area contributed by atoms with Gasteiger partial charge in [0, 0.05) is 18.9 Å². The number of nitrogens with zero attached hydrogens (tertiary/aromatic N) is 1. The molecule has 2 heteroatoms. The van der Waals surface area contributed by atoms with Crippen molar-refractivity contribution in [2.45, 2.75) is 64.3 Å². The van der Waals surface area contributed by atoms with Crippen LogP contribution in [0.2, 0.25) is 0 Å². The summed E-state index contributed by atoms with van der Waals surface area (Å²) in [6.45, 7) is 3.35. The maximum Gasteiger partial charge on any atom is 0.134 e. The van der Waals surface area contributed by atoms with Gasteiger partial charge in [0.15, 0.2) is 0 Å². The lowest BCUT2D eigenvalue weighted by Crippen LogP contribution is -2.37. The monoisotopic (exact) mass is 211 g/mol. The van der Waals surface area contributed by atoms with Crippen molar-refractivity contribution in [2.75, 3.05) is 13.6 Å². The summed E-state index contributed by atoms with van der Waals surface area (Å²) >= 11 is 0. The van der Waals surface area contributed by atoms with E-state index in [1.54, 1.807) is 0 Å². The molecule has 0 bridgehead atoms. The first kappa shape index (κ1) is 12.7. The molecule has 0 aliphatic carbocycles. The van der Waals surface area contributed by atoms with Crippen LogP contribution in [0.25, 0.3) is 0 Å². The van der Waals surface area contributed by atoms with Crippen LogP contribution in [-0.2, 0) is 4.79 Å². The van der Waals surface area contributed by atoms with Gasteiger partial charge in [-0.05, 0) is 32.9 Å². The lowest BCUT2D eigenvalue weighted by atomic mass is 9.96. The van der Waals surface area contributed by atoms with Crippen LogP contribution in [0, 0.1) is 0 Å². The van der Waals surface area contributed by atoms with E-state index in [-0.39, 0.29) is 0 Å². The van der Waals surface area contributed by atoms with Crippen LogP contribution in [0.4, 0.5) is 0 Å². The van der Waals surface area contributed by atoms with E-state index < -0.39 is 0 Å². The Labute approximate surface area is 94.0 Å². The molecule has 0 radical (unpaired) electrons. The number of piperidine rings is 1. The third kappa shape index (κ3) is 4.78. The van der Waals surface area contributed by atoms with E-state index in [2.05, 4.69) is 18.9 Å². The van der Waals surface area contributed by atoms with E-state index in [4.69, 9.17) is 0 Å². The second kappa shape index (κ2) is 7.00. The Bertz CT molecular complexity index is 191. The summed E-state index contributed by atoms with van der Waals surface area (Å²) in [6.07, 6.45) is 8.91. The average molecular weight is 211 g/mol. The van der Waals surface area contributed by atoms with Crippen molar-refractivity contribution in [3.8, 4) is 0 Å². The SMILES string of the molecule is CCCCCC(=O)CC1CCCCN1C. The minimum absolute atomic E-state index is 0.474. The molecule has 1 saturated heterocycles. The van der Waals surface area contributed by atoms with Gasteiger partial charge in [-0.2, -0.15) is 0 Å². The first-order valence-corrected chi connectivity index (χ1v) is 6.46. The van der Waals surface area contributed by atoms with Gasteiger partial charge in [0.05, 0.1) is 0 Å². The molecule has 1 unspecified atom stereocenters. The van der Waals surface area contributed by atoms with Gasteiger partial charge in [0.2, 0.25) is 0 Å². The zero-order valence-electron chi connectivity index (χ0n) is 10.3. The minimum Gasteiger partial charge on any atom is -0.303 e. The lowest BCUT2D eigenvalue weighted by Gasteiger charge is -2.31. The first-order valence-electron chi connectivity index (χ1n) is 6.46. The third-order valence-corrected chi connectivity index (χ3v) is 3.44. The van der Waals surface area contributed by atoms with Crippen LogP contribution < -0.4 is 0 Å². The van der Waals surface area contributed by atoms with Crippen LogP contribution in [0.5, 0.6) is 0 Å². The number of Topliss-reactive ketones (excluding diaryl/α,β-unsaturated/α-hetero) is 1. The summed E-state index contributed by atoms with van der Waals surface area (Å²) in [4.78, 5) is 14.1. The van der Waals surface area contributed by atoms with Crippen molar-refractivity contribution >= 4 is 5.78 Å². The van der Waals surface area contributed by atoms with Gasteiger partial charge < -0.3 is 4.90 Å². The number of carbonyl (C=O) groups is 1. The summed E-state index contributed by atoms with van der Waals surface area (Å²) in [6, 6.07) is 0.535. The molecular formula is C13H25NO. The van der Waals surface area contributed by atoms with Gasteiger partial charge in [-0.3, -0.25) is 4.79 Å². The molecule has 0 spiro atoms. The highest BCUT2D eigenvalue weighted by molar-refractivity contribution is 5.78. The Morgan fingerprint density at radius 3 is 2.80 bits per heavy atom. The topological polar surface area (TPSA) is 20.3 Å². The molecule has 0 N–H and O–H groups in total. The molecule has 0 aromatic carbocycles. The molecule has 0 saturated carbocycles. The summed E-state index contributed by atoms with van der Waals surface area (Å²) in [5.41, 5.74) is 0. The molecule has 1 fully saturated rings. The molecule has 15 heavy (non-hydrogen) atoms. The Morgan fingerprint density at radius 2 is 2.13 bits per heavy atom. The van der Waals surface area contributed by atoms with Crippen LogP contribution in [-0.4, -0.2) is 30.3 Å². The third-order valence-electron chi connectivity index (χ3n) is 3.44. The van der Waals surface area contributed by atoms with Gasteiger partial charge in [-0.15, -0.1) is 0 Å². The summed E-state index contributed by atoms with van der Waals surface area (Å²) < 4.78 is 0. The molecule has 1 heterocycles. The van der Waals surface area contributed by atoms with Gasteiger partial charge in [-0.25, -0.2) is 0 Å². The zero-order valence-corrected chi connectivity index (χ0v) is 10.3. The molecule has 88 valence electrons. The molecule has 1 rings (SSSR count). The Morgan fingerprint density at radius 1 is 1.33 bits per heavy atom. The second-order valence-electron chi connectivity index (χ2n) is 4.83. The fourth-order valence-electron chi connectivity index (χ4n) is 2.34. The van der Waals surface area contributed by atoms with Crippen molar-refractivity contribution in [2.24, 2.45) is 0 Å². The number of carbonyl (C=O) groups excluding carboxylic acids is 1. The van der Waals surface area contributed by atoms with Gasteiger partial charge in [0.1, 0.15) is 5.78 Å². The maximum absolute atomic E-state index is 11.7. The quantitative estimate of drug-likeness (QED) is 0.629. The van der Waals surface area contributed by atoms with Crippen molar-refractivity contribution < 1.29 is 4.79 Å². The van der Waals surface area contributed by atoms with Crippen LogP contribution in [0.15, 0.2) is 0 Å². The Balaban J connectivity index is 2.18. The smallest absolute Gasteiger partial charge is 0.134 e. The highest BCUT2D eigenvalue weighted by atomic mass is 16.1. The minimum atomic E-state index is 0.474. The van der Waals surface area contributed by atoms with Crippen molar-refractivity contribution in [3.05, 3.63) is 0 Å². The average Bonchev–Trinajstić information content (AvgIpc) is 2.22. The van der Waals surface area contributed by atoms with E-state index in [0.717, 1.165) is 19.3 Å². The largest absolute Gasteiger partial charge is 0.303 e. The predicted octanol–water partition coefficient (Wildman–Crippen LogP) is 3.01. The van der Waals surface area contributed by atoms with E-state index in [9.17, 15) is 4.79 Å². The van der Waals surface area contributed by atoms with E-state index in [1.165, 1.54) is 38.6 Å². The zero-order chi connectivity index (χ0) is 11.1. The number of hydrogen-bond acceptors (Lipinski definition) is 2. The highest BCUT2D eigenvalue weighted by Crippen LogP contribution is 2.18. The first-order chi connectivity index (χ1) is 7.24. The number of unbranched alkanes of at least 4 members (excludes halogenated alkanes) is 2.